The number of carbonyl (C=O) groups is 2. The number of aliphatic carboxylic acids is 1. The van der Waals surface area contributed by atoms with Gasteiger partial charge >= 0.3 is 11.9 Å². The molecular weight excluding hydrogens is 400 g/mol. The number of nitrogens with two attached hydrogens (primary N) is 1. The highest BCUT2D eigenvalue weighted by Gasteiger charge is 2.02. The summed E-state index contributed by atoms with van der Waals surface area (Å²) in [5.41, 5.74) is 6.82. The molecule has 0 aromatic heterocycles. The van der Waals surface area contributed by atoms with Gasteiger partial charge in [-0.1, -0.05) is 18.2 Å². The van der Waals surface area contributed by atoms with Crippen LogP contribution < -0.4 is 15.2 Å². The van der Waals surface area contributed by atoms with Gasteiger partial charge in [-0.2, -0.15) is 5.26 Å². The summed E-state index contributed by atoms with van der Waals surface area (Å²) in [5, 5.41) is 16.9. The van der Waals surface area contributed by atoms with E-state index in [1.54, 1.807) is 42.5 Å². The molecule has 2 aromatic rings. The van der Waals surface area contributed by atoms with Crippen molar-refractivity contribution < 1.29 is 28.9 Å². The summed E-state index contributed by atoms with van der Waals surface area (Å²) in [6.45, 7) is -0.0519. The van der Waals surface area contributed by atoms with Crippen molar-refractivity contribution in [1.82, 2.24) is 0 Å². The lowest BCUT2D eigenvalue weighted by molar-refractivity contribution is -0.143. The Balaban J connectivity index is 0.000000499. The first-order chi connectivity index (χ1) is 14.0. The van der Waals surface area contributed by atoms with Gasteiger partial charge in [-0.25, -0.2) is 9.59 Å². The minimum atomic E-state index is -0.988. The Hall–Kier alpha value is -3.28. The minimum Gasteiger partial charge on any atom is -0.482 e. The van der Waals surface area contributed by atoms with Crippen molar-refractivity contribution in [3.63, 3.8) is 0 Å². The molecule has 0 fully saturated rings. The van der Waals surface area contributed by atoms with Crippen LogP contribution in [0.4, 0.5) is 0 Å². The van der Waals surface area contributed by atoms with E-state index in [0.717, 1.165) is 5.56 Å². The van der Waals surface area contributed by atoms with Crippen molar-refractivity contribution >= 4 is 23.5 Å². The van der Waals surface area contributed by atoms with Gasteiger partial charge in [-0.05, 0) is 35.9 Å². The molecule has 3 N–H and O–H groups in total. The van der Waals surface area contributed by atoms with Gasteiger partial charge < -0.3 is 25.1 Å². The summed E-state index contributed by atoms with van der Waals surface area (Å²) in [7, 11) is 1.29. The molecule has 2 aromatic carbocycles. The lowest BCUT2D eigenvalue weighted by atomic mass is 10.2. The highest BCUT2D eigenvalue weighted by Crippen LogP contribution is 2.13. The first-order valence-corrected chi connectivity index (χ1v) is 8.95. The predicted octanol–water partition coefficient (Wildman–Crippen LogP) is 2.57. The smallest absolute Gasteiger partial charge is 0.343 e. The van der Waals surface area contributed by atoms with Crippen molar-refractivity contribution in [2.45, 2.75) is 6.54 Å². The maximum absolute atomic E-state index is 10.7. The summed E-state index contributed by atoms with van der Waals surface area (Å²) >= 11 is 4.64. The maximum atomic E-state index is 10.7. The van der Waals surface area contributed by atoms with Gasteiger partial charge in [0.2, 0.25) is 0 Å². The van der Waals surface area contributed by atoms with Gasteiger partial charge in [0.1, 0.15) is 11.5 Å². The van der Waals surface area contributed by atoms with E-state index < -0.39 is 11.9 Å². The van der Waals surface area contributed by atoms with Crippen LogP contribution in [-0.2, 0) is 20.9 Å². The molecule has 0 spiro atoms. The summed E-state index contributed by atoms with van der Waals surface area (Å²) in [5.74, 6) is -0.426. The first kappa shape index (κ1) is 25.7. The second-order valence-corrected chi connectivity index (χ2v) is 5.04. The van der Waals surface area contributed by atoms with Crippen LogP contribution in [0.2, 0.25) is 0 Å². The van der Waals surface area contributed by atoms with E-state index in [4.69, 9.17) is 25.6 Å². The number of ether oxygens (including phenoxy) is 3. The van der Waals surface area contributed by atoms with Crippen LogP contribution in [-0.4, -0.2) is 43.8 Å². The molecule has 0 aliphatic heterocycles. The quantitative estimate of drug-likeness (QED) is 0.514. The van der Waals surface area contributed by atoms with E-state index in [1.807, 2.05) is 12.1 Å². The highest BCUT2D eigenvalue weighted by molar-refractivity contribution is 6.15. The first-order valence-electron chi connectivity index (χ1n) is 8.19. The fourth-order valence-corrected chi connectivity index (χ4v) is 1.76. The van der Waals surface area contributed by atoms with Crippen molar-refractivity contribution in [3.05, 3.63) is 59.7 Å². The van der Waals surface area contributed by atoms with E-state index in [1.165, 1.54) is 13.5 Å². The molecule has 0 radical (unpaired) electrons. The molecule has 0 bridgehead atoms. The van der Waals surface area contributed by atoms with Gasteiger partial charge in [-0.15, -0.1) is 11.6 Å². The normalized spacial score (nSPS) is 8.79. The number of hydrogen-bond donors (Lipinski definition) is 2. The summed E-state index contributed by atoms with van der Waals surface area (Å²) in [6.07, 6.45) is 1.47. The molecule has 9 heteroatoms. The fraction of sp³-hybridized carbons (Fsp3) is 0.250. The fourth-order valence-electron chi connectivity index (χ4n) is 1.76. The molecule has 0 heterocycles. The molecule has 0 unspecified atom stereocenters. The van der Waals surface area contributed by atoms with Crippen molar-refractivity contribution in [3.8, 4) is 17.6 Å². The maximum Gasteiger partial charge on any atom is 0.343 e. The largest absolute Gasteiger partial charge is 0.482 e. The van der Waals surface area contributed by atoms with Gasteiger partial charge in [0.05, 0.1) is 18.7 Å². The zero-order chi connectivity index (χ0) is 22.1. The molecular formula is C20H23ClN2O6. The predicted molar refractivity (Wildman–Crippen MR) is 108 cm³/mol. The van der Waals surface area contributed by atoms with E-state index in [-0.39, 0.29) is 13.2 Å². The number of rotatable bonds is 7. The number of carboxylic acids is 1. The minimum absolute atomic E-state index is 0.147. The lowest BCUT2D eigenvalue weighted by Gasteiger charge is -2.03. The number of nitrogens with zero attached hydrogens (tertiary/aromatic N) is 1. The molecule has 0 aliphatic rings. The van der Waals surface area contributed by atoms with Crippen LogP contribution in [0.3, 0.4) is 0 Å². The lowest BCUT2D eigenvalue weighted by Crippen LogP contribution is -2.12. The van der Waals surface area contributed by atoms with E-state index in [2.05, 4.69) is 16.3 Å². The van der Waals surface area contributed by atoms with Gasteiger partial charge in [0, 0.05) is 12.9 Å². The highest BCUT2D eigenvalue weighted by atomic mass is 35.5. The Morgan fingerprint density at radius 1 is 1.07 bits per heavy atom. The SMILES string of the molecule is CCl.COC(=O)COc1cccc(C#N)c1.NCc1cccc(OCC(=O)O)c1. The Bertz CT molecular complexity index is 808. The molecule has 0 aliphatic carbocycles. The molecule has 0 amide bonds. The molecule has 8 nitrogen and oxygen atoms in total. The monoisotopic (exact) mass is 422 g/mol. The van der Waals surface area contributed by atoms with Crippen molar-refractivity contribution in [1.29, 1.82) is 5.26 Å². The molecule has 0 saturated heterocycles. The Kier molecular flexibility index (Phi) is 14.0. The van der Waals surface area contributed by atoms with E-state index in [0.29, 0.717) is 23.6 Å². The number of nitriles is 1. The van der Waals surface area contributed by atoms with Crippen LogP contribution in [0.25, 0.3) is 0 Å². The zero-order valence-electron chi connectivity index (χ0n) is 16.1. The number of alkyl halides is 1. The Morgan fingerprint density at radius 2 is 1.66 bits per heavy atom. The van der Waals surface area contributed by atoms with E-state index in [9.17, 15) is 9.59 Å². The Labute approximate surface area is 174 Å². The molecule has 0 saturated carbocycles. The molecule has 29 heavy (non-hydrogen) atoms. The summed E-state index contributed by atoms with van der Waals surface area (Å²) in [6, 6.07) is 15.6. The number of hydrogen-bond acceptors (Lipinski definition) is 7. The van der Waals surface area contributed by atoms with Gasteiger partial charge in [0.15, 0.2) is 13.2 Å². The second-order valence-electron chi connectivity index (χ2n) is 5.04. The van der Waals surface area contributed by atoms with Gasteiger partial charge in [0.25, 0.3) is 0 Å². The summed E-state index contributed by atoms with van der Waals surface area (Å²) < 4.78 is 14.4. The van der Waals surface area contributed by atoms with Crippen LogP contribution in [0.1, 0.15) is 11.1 Å². The number of carbonyl (C=O) groups excluding carboxylic acids is 1. The molecule has 2 rings (SSSR count). The third-order valence-electron chi connectivity index (χ3n) is 3.04. The van der Waals surface area contributed by atoms with Crippen molar-refractivity contribution in [2.24, 2.45) is 5.73 Å². The van der Waals surface area contributed by atoms with Crippen LogP contribution in [0.5, 0.6) is 11.5 Å². The molecule has 0 atom stereocenters. The van der Waals surface area contributed by atoms with Gasteiger partial charge in [-0.3, -0.25) is 0 Å². The summed E-state index contributed by atoms with van der Waals surface area (Å²) in [4.78, 5) is 20.9. The van der Waals surface area contributed by atoms with Crippen LogP contribution >= 0.6 is 11.6 Å². The van der Waals surface area contributed by atoms with Crippen LogP contribution in [0, 0.1) is 11.3 Å². The number of methoxy groups -OCH3 is 1. The third-order valence-corrected chi connectivity index (χ3v) is 3.04. The van der Waals surface area contributed by atoms with E-state index >= 15 is 0 Å². The topological polar surface area (TPSA) is 132 Å². The van der Waals surface area contributed by atoms with Crippen LogP contribution in [0.15, 0.2) is 48.5 Å². The molecule has 156 valence electrons. The number of benzene rings is 2. The number of carboxylic acid groups (broad SMARTS) is 1. The zero-order valence-corrected chi connectivity index (χ0v) is 16.9. The average Bonchev–Trinajstić information content (AvgIpc) is 2.78. The van der Waals surface area contributed by atoms with Crippen molar-refractivity contribution in [2.75, 3.05) is 26.7 Å². The average molecular weight is 423 g/mol. The Morgan fingerprint density at radius 3 is 2.21 bits per heavy atom. The number of halogens is 1. The standard InChI is InChI=1S/C10H9NO3.C9H11NO3.CH3Cl/c1-13-10(12)7-14-9-4-2-3-8(5-9)6-11;10-5-7-2-1-3-8(4-7)13-6-9(11)12;1-2/h2-5H,7H2,1H3;1-4H,5-6,10H2,(H,11,12);1H3. The number of esters is 1. The third kappa shape index (κ3) is 11.9. The second kappa shape index (κ2) is 15.7.